The van der Waals surface area contributed by atoms with Crippen LogP contribution < -0.4 is 5.73 Å². The minimum atomic E-state index is -0.570. The van der Waals surface area contributed by atoms with Crippen molar-refractivity contribution in [1.29, 1.82) is 0 Å². The van der Waals surface area contributed by atoms with Crippen molar-refractivity contribution < 1.29 is 9.26 Å². The number of rotatable bonds is 4. The summed E-state index contributed by atoms with van der Waals surface area (Å²) in [5, 5.41) is 3.84. The molecule has 0 bridgehead atoms. The highest BCUT2D eigenvalue weighted by molar-refractivity contribution is 5.00. The summed E-state index contributed by atoms with van der Waals surface area (Å²) < 4.78 is 10.4. The van der Waals surface area contributed by atoms with E-state index in [0.29, 0.717) is 18.1 Å². The molecule has 86 valence electrons. The van der Waals surface area contributed by atoms with Crippen LogP contribution in [0.1, 0.15) is 39.4 Å². The van der Waals surface area contributed by atoms with Gasteiger partial charge in [-0.2, -0.15) is 4.98 Å². The van der Waals surface area contributed by atoms with E-state index in [1.807, 2.05) is 27.7 Å². The lowest BCUT2D eigenvalue weighted by atomic mass is 10.1. The molecule has 0 fully saturated rings. The van der Waals surface area contributed by atoms with Crippen LogP contribution in [0.5, 0.6) is 0 Å². The molecule has 0 spiro atoms. The van der Waals surface area contributed by atoms with Gasteiger partial charge in [-0.1, -0.05) is 5.16 Å². The third-order valence-corrected chi connectivity index (χ3v) is 2.17. The summed E-state index contributed by atoms with van der Waals surface area (Å²) in [5.41, 5.74) is 4.98. The van der Waals surface area contributed by atoms with Crippen LogP contribution in [-0.4, -0.2) is 22.9 Å². The molecule has 0 saturated carbocycles. The first kappa shape index (κ1) is 12.1. The van der Waals surface area contributed by atoms with Crippen molar-refractivity contribution in [3.8, 4) is 0 Å². The summed E-state index contributed by atoms with van der Waals surface area (Å²) in [5.74, 6) is 1.07. The lowest BCUT2D eigenvalue weighted by molar-refractivity contribution is 0.0170. The van der Waals surface area contributed by atoms with Crippen molar-refractivity contribution >= 4 is 0 Å². The summed E-state index contributed by atoms with van der Waals surface area (Å²) in [6.07, 6.45) is 0.576. The van der Waals surface area contributed by atoms with Gasteiger partial charge in [0.15, 0.2) is 5.82 Å². The van der Waals surface area contributed by atoms with Gasteiger partial charge in [0.05, 0.1) is 17.6 Å². The Labute approximate surface area is 90.0 Å². The quantitative estimate of drug-likeness (QED) is 0.814. The number of hydrogen-bond acceptors (Lipinski definition) is 5. The Morgan fingerprint density at radius 1 is 1.33 bits per heavy atom. The molecule has 0 aliphatic rings. The average molecular weight is 213 g/mol. The largest absolute Gasteiger partial charge is 0.378 e. The summed E-state index contributed by atoms with van der Waals surface area (Å²) in [6, 6.07) is 0. The lowest BCUT2D eigenvalue weighted by Gasteiger charge is -2.20. The maximum atomic E-state index is 5.85. The van der Waals surface area contributed by atoms with Crippen LogP contribution in [0.2, 0.25) is 0 Å². The van der Waals surface area contributed by atoms with Gasteiger partial charge in [-0.25, -0.2) is 0 Å². The predicted octanol–water partition coefficient (Wildman–Crippen LogP) is 1.23. The normalized spacial score (nSPS) is 13.2. The molecule has 1 aromatic heterocycles. The van der Waals surface area contributed by atoms with Crippen molar-refractivity contribution in [3.05, 3.63) is 11.7 Å². The molecule has 0 aliphatic carbocycles. The molecule has 5 nitrogen and oxygen atoms in total. The third-order valence-electron chi connectivity index (χ3n) is 2.17. The molecule has 5 heteroatoms. The van der Waals surface area contributed by atoms with E-state index in [9.17, 15) is 0 Å². The Morgan fingerprint density at radius 2 is 1.93 bits per heavy atom. The van der Waals surface area contributed by atoms with Gasteiger partial charge < -0.3 is 15.0 Å². The standard InChI is InChI=1S/C10H19N3O2/c1-9(2,14-5)6-7-12-8(13-15-7)10(3,4)11/h6,11H2,1-5H3. The van der Waals surface area contributed by atoms with Crippen LogP contribution in [0, 0.1) is 0 Å². The lowest BCUT2D eigenvalue weighted by Crippen LogP contribution is -2.30. The second-order valence-electron chi connectivity index (χ2n) is 4.87. The van der Waals surface area contributed by atoms with Crippen LogP contribution in [0.4, 0.5) is 0 Å². The van der Waals surface area contributed by atoms with Crippen LogP contribution in [0.15, 0.2) is 4.52 Å². The first-order chi connectivity index (χ1) is 6.74. The maximum Gasteiger partial charge on any atom is 0.229 e. The number of nitrogens with two attached hydrogens (primary N) is 1. The monoisotopic (exact) mass is 213 g/mol. The summed E-state index contributed by atoms with van der Waals surface area (Å²) in [4.78, 5) is 4.23. The van der Waals surface area contributed by atoms with E-state index < -0.39 is 5.54 Å². The van der Waals surface area contributed by atoms with Crippen molar-refractivity contribution in [3.63, 3.8) is 0 Å². The van der Waals surface area contributed by atoms with E-state index in [2.05, 4.69) is 10.1 Å². The maximum absolute atomic E-state index is 5.85. The van der Waals surface area contributed by atoms with E-state index in [0.717, 1.165) is 0 Å². The number of hydrogen-bond donors (Lipinski definition) is 1. The molecular weight excluding hydrogens is 194 g/mol. The zero-order chi connectivity index (χ0) is 11.7. The number of ether oxygens (including phenoxy) is 1. The zero-order valence-electron chi connectivity index (χ0n) is 10.00. The van der Waals surface area contributed by atoms with Crippen molar-refractivity contribution in [2.24, 2.45) is 5.73 Å². The molecule has 0 saturated heterocycles. The third kappa shape index (κ3) is 3.28. The summed E-state index contributed by atoms with van der Waals surface area (Å²) >= 11 is 0. The van der Waals surface area contributed by atoms with Gasteiger partial charge >= 0.3 is 0 Å². The van der Waals surface area contributed by atoms with Crippen molar-refractivity contribution in [1.82, 2.24) is 10.1 Å². The SMILES string of the molecule is COC(C)(C)Cc1nc(C(C)(C)N)no1. The number of aromatic nitrogens is 2. The van der Waals surface area contributed by atoms with Crippen LogP contribution in [0.25, 0.3) is 0 Å². The predicted molar refractivity (Wildman–Crippen MR) is 56.3 cm³/mol. The molecule has 0 aromatic carbocycles. The fourth-order valence-electron chi connectivity index (χ4n) is 1.02. The van der Waals surface area contributed by atoms with Crippen LogP contribution in [-0.2, 0) is 16.7 Å². The molecule has 1 aromatic rings. The van der Waals surface area contributed by atoms with Crippen LogP contribution in [0.3, 0.4) is 0 Å². The van der Waals surface area contributed by atoms with E-state index in [1.54, 1.807) is 7.11 Å². The Morgan fingerprint density at radius 3 is 2.33 bits per heavy atom. The molecule has 0 unspecified atom stereocenters. The average Bonchev–Trinajstić information content (AvgIpc) is 2.51. The molecule has 0 aliphatic heterocycles. The van der Waals surface area contributed by atoms with E-state index in [4.69, 9.17) is 15.0 Å². The van der Waals surface area contributed by atoms with Gasteiger partial charge in [0, 0.05) is 7.11 Å². The van der Waals surface area contributed by atoms with Crippen molar-refractivity contribution in [2.45, 2.75) is 45.3 Å². The van der Waals surface area contributed by atoms with E-state index >= 15 is 0 Å². The van der Waals surface area contributed by atoms with Crippen LogP contribution >= 0.6 is 0 Å². The second kappa shape index (κ2) is 3.90. The Balaban J connectivity index is 2.78. The van der Waals surface area contributed by atoms with Gasteiger partial charge in [0.25, 0.3) is 0 Å². The number of nitrogens with zero attached hydrogens (tertiary/aromatic N) is 2. The minimum Gasteiger partial charge on any atom is -0.378 e. The van der Waals surface area contributed by atoms with Gasteiger partial charge in [-0.3, -0.25) is 0 Å². The summed E-state index contributed by atoms with van der Waals surface area (Å²) in [6.45, 7) is 7.60. The molecule has 0 atom stereocenters. The molecule has 15 heavy (non-hydrogen) atoms. The minimum absolute atomic E-state index is 0.303. The molecule has 1 rings (SSSR count). The molecule has 0 radical (unpaired) electrons. The highest BCUT2D eigenvalue weighted by Crippen LogP contribution is 2.17. The summed E-state index contributed by atoms with van der Waals surface area (Å²) in [7, 11) is 1.66. The van der Waals surface area contributed by atoms with Gasteiger partial charge in [0.1, 0.15) is 0 Å². The highest BCUT2D eigenvalue weighted by Gasteiger charge is 2.25. The topological polar surface area (TPSA) is 74.2 Å². The first-order valence-electron chi connectivity index (χ1n) is 4.92. The Bertz CT molecular complexity index is 326. The fraction of sp³-hybridized carbons (Fsp3) is 0.800. The van der Waals surface area contributed by atoms with E-state index in [1.165, 1.54) is 0 Å². The zero-order valence-corrected chi connectivity index (χ0v) is 10.00. The molecule has 0 amide bonds. The molecular formula is C10H19N3O2. The second-order valence-corrected chi connectivity index (χ2v) is 4.87. The first-order valence-corrected chi connectivity index (χ1v) is 4.92. The van der Waals surface area contributed by atoms with E-state index in [-0.39, 0.29) is 5.60 Å². The highest BCUT2D eigenvalue weighted by atomic mass is 16.5. The number of methoxy groups -OCH3 is 1. The molecule has 1 heterocycles. The molecule has 2 N–H and O–H groups in total. The Kier molecular flexibility index (Phi) is 3.16. The Hall–Kier alpha value is -0.940. The fourth-order valence-corrected chi connectivity index (χ4v) is 1.02. The van der Waals surface area contributed by atoms with Gasteiger partial charge in [0.2, 0.25) is 5.89 Å². The van der Waals surface area contributed by atoms with Crippen molar-refractivity contribution in [2.75, 3.05) is 7.11 Å². The van der Waals surface area contributed by atoms with Gasteiger partial charge in [-0.15, -0.1) is 0 Å². The smallest absolute Gasteiger partial charge is 0.229 e. The van der Waals surface area contributed by atoms with Gasteiger partial charge in [-0.05, 0) is 27.7 Å².